The van der Waals surface area contributed by atoms with Gasteiger partial charge in [-0.15, -0.1) is 0 Å². The summed E-state index contributed by atoms with van der Waals surface area (Å²) in [5.74, 6) is -2.05. The van der Waals surface area contributed by atoms with Gasteiger partial charge in [0.05, 0.1) is 51.5 Å². The lowest BCUT2D eigenvalue weighted by Crippen LogP contribution is -2.67. The van der Waals surface area contributed by atoms with E-state index in [9.17, 15) is 85.1 Å². The molecule has 4 unspecified atom stereocenters. The van der Waals surface area contributed by atoms with Gasteiger partial charge in [-0.2, -0.15) is 0 Å². The minimum atomic E-state index is -0.722. The molecule has 12 amide bonds. The zero-order chi connectivity index (χ0) is 95.2. The fourth-order valence-electron chi connectivity index (χ4n) is 20.3. The lowest BCUT2D eigenvalue weighted by Gasteiger charge is -2.59. The molecule has 0 radical (unpaired) electrons. The Morgan fingerprint density at radius 3 is 0.868 bits per heavy atom. The van der Waals surface area contributed by atoms with Crippen LogP contribution in [0, 0.1) is 56.6 Å². The Morgan fingerprint density at radius 2 is 0.559 bits per heavy atom. The maximum absolute atomic E-state index is 13.9. The smallest absolute Gasteiger partial charge is 0.321 e. The first-order valence-electron chi connectivity index (χ1n) is 45.0. The number of carbonyl (C=O) groups excluding carboxylic acids is 8. The summed E-state index contributed by atoms with van der Waals surface area (Å²) in [6, 6.07) is 79.4. The minimum absolute atomic E-state index is 0.00804. The summed E-state index contributed by atoms with van der Waals surface area (Å²) < 4.78 is 81.3. The lowest BCUT2D eigenvalue weighted by atomic mass is 9.62. The predicted octanol–water partition coefficient (Wildman–Crippen LogP) is 19.7. The summed E-state index contributed by atoms with van der Waals surface area (Å²) in [6.07, 6.45) is 4.66. The van der Waals surface area contributed by atoms with Crippen LogP contribution in [0.4, 0.5) is 85.3 Å². The van der Waals surface area contributed by atoms with Crippen molar-refractivity contribution in [3.8, 4) is 23.0 Å². The van der Waals surface area contributed by atoms with Crippen molar-refractivity contribution >= 4 is 87.6 Å². The third-order valence-corrected chi connectivity index (χ3v) is 27.5. The first-order chi connectivity index (χ1) is 65.7. The van der Waals surface area contributed by atoms with Crippen LogP contribution in [0.3, 0.4) is 0 Å². The molecule has 8 saturated heterocycles. The number of amides is 12. The Morgan fingerprint density at radius 1 is 0.287 bits per heavy atom. The van der Waals surface area contributed by atoms with E-state index in [0.717, 1.165) is 34.4 Å². The maximum atomic E-state index is 13.9. The molecule has 24 nitrogen and oxygen atoms in total. The molecule has 0 aromatic heterocycles. The Balaban J connectivity index is 0.000000126. The molecular formula is C106H98F6N12O12. The standard InChI is InChI=1S/C28H28FN3O3.2C26H23F2N3O3.C26H24FN3O3/c29-22-8-10-23(11-9-22)32-25(21-6-12-24(33)13-7-21)28(26(32)34)15-18-31(19-16-28)27(35)30-17-14-20-4-2-1-3-5-20;27-18-6-8-21(9-7-18)31-23(17-4-10-22(32)11-5-17)26(24(31)33)12-14-30(15-13-26)25(34)29-20-3-1-2-19(28)16-20;27-18-7-9-19(10-8-18)31-23(17-5-11-20(32)12-6-17)26(24(31)33)13-15-30(16-14-26)25(34)29-22-4-2-1-3-21(22)28;27-19-8-10-21(11-9-19)30-23(18-6-12-22(31)13-7-18)26(24(30)32)14-16-29(17-15-26)25(33)28-20-4-2-1-3-5-20/h1-13,25,33H,14-19H2,(H,30,35);1-11,16,23,32H,12-15H2,(H,29,34);1-12,23,32H,13-16H2,(H,29,34);1-13,23,31H,14-17H2,(H,28,33). The van der Waals surface area contributed by atoms with E-state index in [-0.39, 0.29) is 118 Å². The molecule has 12 aromatic rings. The number of hydrogen-bond acceptors (Lipinski definition) is 12. The molecule has 12 aromatic carbocycles. The predicted molar refractivity (Wildman–Crippen MR) is 502 cm³/mol. The third kappa shape index (κ3) is 18.7. The highest BCUT2D eigenvalue weighted by molar-refractivity contribution is 6.09. The average Bonchev–Trinajstić information content (AvgIpc) is 0.713. The molecule has 8 fully saturated rings. The Labute approximate surface area is 780 Å². The van der Waals surface area contributed by atoms with Gasteiger partial charge in [0.25, 0.3) is 0 Å². The quantitative estimate of drug-likeness (QED) is 0.0372. The number of hydrogen-bond donors (Lipinski definition) is 8. The molecule has 30 heteroatoms. The topological polar surface area (TPSA) is 292 Å². The maximum Gasteiger partial charge on any atom is 0.321 e. The molecular weight excluding hydrogens is 1750 g/mol. The molecule has 8 aliphatic heterocycles. The molecule has 8 aliphatic rings. The molecule has 4 atom stereocenters. The fraction of sp³-hybridized carbons (Fsp3) is 0.245. The highest BCUT2D eigenvalue weighted by Crippen LogP contribution is 2.62. The minimum Gasteiger partial charge on any atom is -0.508 e. The van der Waals surface area contributed by atoms with Crippen molar-refractivity contribution in [1.29, 1.82) is 0 Å². The van der Waals surface area contributed by atoms with Crippen LogP contribution < -0.4 is 40.9 Å². The number of rotatable bonds is 14. The summed E-state index contributed by atoms with van der Waals surface area (Å²) in [4.78, 5) is 118. The number of piperidine rings is 4. The summed E-state index contributed by atoms with van der Waals surface area (Å²) in [6.45, 7) is 3.81. The van der Waals surface area contributed by atoms with Gasteiger partial charge in [-0.1, -0.05) is 115 Å². The van der Waals surface area contributed by atoms with Gasteiger partial charge in [0.15, 0.2) is 0 Å². The zero-order valence-electron chi connectivity index (χ0n) is 73.8. The largest absolute Gasteiger partial charge is 0.508 e. The summed E-state index contributed by atoms with van der Waals surface area (Å²) in [7, 11) is 0. The molecule has 0 bridgehead atoms. The van der Waals surface area contributed by atoms with Crippen LogP contribution >= 0.6 is 0 Å². The second-order valence-electron chi connectivity index (χ2n) is 35.3. The van der Waals surface area contributed by atoms with Gasteiger partial charge in [-0.25, -0.2) is 45.5 Å². The number of nitrogens with one attached hydrogen (secondary N) is 4. The van der Waals surface area contributed by atoms with Gasteiger partial charge >= 0.3 is 24.1 Å². The molecule has 20 rings (SSSR count). The van der Waals surface area contributed by atoms with Gasteiger partial charge in [-0.3, -0.25) is 19.2 Å². The van der Waals surface area contributed by atoms with Crippen molar-refractivity contribution in [2.24, 2.45) is 21.7 Å². The van der Waals surface area contributed by atoms with Gasteiger partial charge in [0.1, 0.15) is 57.9 Å². The van der Waals surface area contributed by atoms with Crippen LogP contribution in [0.25, 0.3) is 0 Å². The first-order valence-corrected chi connectivity index (χ1v) is 45.0. The van der Waals surface area contributed by atoms with Crippen molar-refractivity contribution in [1.82, 2.24) is 24.9 Å². The van der Waals surface area contributed by atoms with E-state index in [4.69, 9.17) is 0 Å². The number of β-lactam (4-membered cyclic amide) rings is 4. The summed E-state index contributed by atoms with van der Waals surface area (Å²) >= 11 is 0. The van der Waals surface area contributed by atoms with E-state index in [1.54, 1.807) is 179 Å². The number of para-hydroxylation sites is 2. The monoisotopic (exact) mass is 1840 g/mol. The number of aromatic hydroxyl groups is 4. The van der Waals surface area contributed by atoms with Crippen molar-refractivity contribution in [2.75, 3.05) is 94.5 Å². The van der Waals surface area contributed by atoms with E-state index in [2.05, 4.69) is 21.3 Å². The Hall–Kier alpha value is -15.6. The van der Waals surface area contributed by atoms with Gasteiger partial charge in [0, 0.05) is 93.0 Å². The highest BCUT2D eigenvalue weighted by atomic mass is 19.1. The fourth-order valence-corrected chi connectivity index (χ4v) is 20.3. The van der Waals surface area contributed by atoms with Crippen LogP contribution in [-0.4, -0.2) is 147 Å². The van der Waals surface area contributed by atoms with E-state index in [0.29, 0.717) is 139 Å². The molecule has 0 saturated carbocycles. The summed E-state index contributed by atoms with van der Waals surface area (Å²) in [5, 5.41) is 50.2. The third-order valence-electron chi connectivity index (χ3n) is 27.5. The van der Waals surface area contributed by atoms with Gasteiger partial charge < -0.3 is 80.9 Å². The number of likely N-dealkylation sites (tertiary alicyclic amines) is 4. The lowest BCUT2D eigenvalue weighted by molar-refractivity contribution is -0.144. The van der Waals surface area contributed by atoms with Crippen molar-refractivity contribution < 1.29 is 85.1 Å². The Bertz CT molecular complexity index is 6330. The van der Waals surface area contributed by atoms with Crippen molar-refractivity contribution in [3.63, 3.8) is 0 Å². The zero-order valence-corrected chi connectivity index (χ0v) is 73.8. The second kappa shape index (κ2) is 39.3. The molecule has 8 N–H and O–H groups in total. The van der Waals surface area contributed by atoms with Crippen LogP contribution in [0.5, 0.6) is 23.0 Å². The van der Waals surface area contributed by atoms with Crippen LogP contribution in [0.1, 0.15) is 103 Å². The van der Waals surface area contributed by atoms with E-state index >= 15 is 0 Å². The van der Waals surface area contributed by atoms with Crippen LogP contribution in [0.15, 0.2) is 303 Å². The number of phenols is 4. The molecule has 136 heavy (non-hydrogen) atoms. The molecule has 696 valence electrons. The number of halogens is 6. The van der Waals surface area contributed by atoms with Crippen molar-refractivity contribution in [3.05, 3.63) is 366 Å². The van der Waals surface area contributed by atoms with Crippen LogP contribution in [0.2, 0.25) is 0 Å². The molecule has 4 spiro atoms. The van der Waals surface area contributed by atoms with Crippen LogP contribution in [-0.2, 0) is 25.6 Å². The number of benzene rings is 12. The normalized spacial score (nSPS) is 19.1. The number of phenolic OH excluding ortho intramolecular Hbond substituents is 4. The first kappa shape index (κ1) is 92.2. The van der Waals surface area contributed by atoms with E-state index in [1.807, 2.05) is 84.9 Å². The average molecular weight is 1850 g/mol. The van der Waals surface area contributed by atoms with Gasteiger partial charge in [-0.05, 0) is 274 Å². The number of urea groups is 4. The van der Waals surface area contributed by atoms with E-state index in [1.165, 1.54) is 84.4 Å². The van der Waals surface area contributed by atoms with Crippen molar-refractivity contribution in [2.45, 2.75) is 82.0 Å². The molecule has 8 heterocycles. The number of carbonyl (C=O) groups is 8. The number of nitrogens with zero attached hydrogens (tertiary/aromatic N) is 8. The van der Waals surface area contributed by atoms with E-state index < -0.39 is 39.3 Å². The SMILES string of the molecule is O=C(NCCc1ccccc1)N1CCC2(CC1)C(=O)N(c1ccc(F)cc1)C2c1ccc(O)cc1.O=C(Nc1cccc(F)c1)N1CCC2(CC1)C(=O)N(c1ccc(F)cc1)C2c1ccc(O)cc1.O=C(Nc1ccccc1)N1CCC2(CC1)C(=O)N(c1ccc(F)cc1)C2c1ccc(O)cc1.O=C(Nc1ccccc1F)N1CCC2(CC1)C(=O)N(c1ccc(F)cc1)C2c1ccc(O)cc1. The Kier molecular flexibility index (Phi) is 26.6. The summed E-state index contributed by atoms with van der Waals surface area (Å²) in [5.41, 5.74) is 5.66. The highest BCUT2D eigenvalue weighted by Gasteiger charge is 2.66. The second-order valence-corrected chi connectivity index (χ2v) is 35.3. The van der Waals surface area contributed by atoms with Gasteiger partial charge in [0.2, 0.25) is 23.6 Å². The molecule has 0 aliphatic carbocycles. The number of anilines is 7.